The smallest absolute Gasteiger partial charge is 0.133 e. The van der Waals surface area contributed by atoms with Crippen molar-refractivity contribution in [3.05, 3.63) is 0 Å². The van der Waals surface area contributed by atoms with Gasteiger partial charge in [0.15, 0.2) is 0 Å². The van der Waals surface area contributed by atoms with Crippen molar-refractivity contribution < 1.29 is 9.94 Å². The van der Waals surface area contributed by atoms with Crippen LogP contribution in [0.3, 0.4) is 0 Å². The van der Waals surface area contributed by atoms with Gasteiger partial charge in [-0.1, -0.05) is 24.9 Å². The van der Waals surface area contributed by atoms with Crippen LogP contribution in [0.25, 0.3) is 0 Å². The molecule has 1 atom stereocenters. The first-order valence-electron chi connectivity index (χ1n) is 6.86. The number of oxime groups is 1. The van der Waals surface area contributed by atoms with Gasteiger partial charge in [-0.25, -0.2) is 0 Å². The maximum absolute atomic E-state index is 8.94. The van der Waals surface area contributed by atoms with Gasteiger partial charge in [0.05, 0.1) is 12.6 Å². The lowest BCUT2D eigenvalue weighted by Gasteiger charge is -2.32. The molecule has 0 aromatic heterocycles. The average molecular weight is 267 g/mol. The first kappa shape index (κ1) is 16.0. The van der Waals surface area contributed by atoms with Crippen LogP contribution in [0.15, 0.2) is 5.16 Å². The molecule has 19 heavy (non-hydrogen) atoms. The molecule has 108 valence electrons. The zero-order valence-electron chi connectivity index (χ0n) is 12.1. The number of aliphatic hydroxyl groups excluding tert-OH is 1. The van der Waals surface area contributed by atoms with Gasteiger partial charge in [-0.2, -0.15) is 0 Å². The molecule has 5 nitrogen and oxygen atoms in total. The second-order valence-electron chi connectivity index (χ2n) is 4.98. The number of nitrogens with zero attached hydrogens (tertiary/aromatic N) is 2. The van der Waals surface area contributed by atoms with E-state index in [1.807, 2.05) is 13.8 Å². The van der Waals surface area contributed by atoms with Crippen LogP contribution in [0, 0.1) is 17.8 Å². The highest BCUT2D eigenvalue weighted by Gasteiger charge is 2.19. The molecule has 0 aromatic rings. The minimum absolute atomic E-state index is 0.204. The molecule has 0 spiro atoms. The highest BCUT2D eigenvalue weighted by Crippen LogP contribution is 2.01. The van der Waals surface area contributed by atoms with Crippen LogP contribution < -0.4 is 5.32 Å². The zero-order chi connectivity index (χ0) is 14.1. The Morgan fingerprint density at radius 3 is 3.00 bits per heavy atom. The van der Waals surface area contributed by atoms with Crippen molar-refractivity contribution in [1.82, 2.24) is 10.2 Å². The second-order valence-corrected chi connectivity index (χ2v) is 4.98. The number of β-amino-alcohol motifs (C(OH)–C–C–N with tert-alkyl or cyclic N) is 1. The number of hydrogen-bond acceptors (Lipinski definition) is 5. The largest absolute Gasteiger partial charge is 0.395 e. The third-order valence-corrected chi connectivity index (χ3v) is 2.99. The lowest BCUT2D eigenvalue weighted by molar-refractivity contribution is 0.0797. The van der Waals surface area contributed by atoms with Crippen LogP contribution in [0.4, 0.5) is 0 Å². The number of hydrogen-bond donors (Lipinski definition) is 2. The Morgan fingerprint density at radius 2 is 2.37 bits per heavy atom. The van der Waals surface area contributed by atoms with Gasteiger partial charge in [0.25, 0.3) is 0 Å². The predicted octanol–water partition coefficient (Wildman–Crippen LogP) is 0.304. The molecular weight excluding hydrogens is 242 g/mol. The first-order chi connectivity index (χ1) is 9.17. The van der Waals surface area contributed by atoms with Gasteiger partial charge in [-0.3, -0.25) is 4.90 Å². The molecule has 0 aromatic carbocycles. The first-order valence-corrected chi connectivity index (χ1v) is 6.86. The monoisotopic (exact) mass is 267 g/mol. The van der Waals surface area contributed by atoms with Gasteiger partial charge in [-0.15, -0.1) is 0 Å². The summed E-state index contributed by atoms with van der Waals surface area (Å²) < 4.78 is 0. The molecule has 1 aliphatic rings. The Kier molecular flexibility index (Phi) is 7.49. The SMILES string of the molecule is CC#C/C(=N\OC[C@H]1CN(CCO)CCN1)C(C)C. The molecular formula is C14H25N3O2. The number of piperazine rings is 1. The normalized spacial score (nSPS) is 21.1. The van der Waals surface area contributed by atoms with Gasteiger partial charge >= 0.3 is 0 Å². The van der Waals surface area contributed by atoms with E-state index >= 15 is 0 Å². The van der Waals surface area contributed by atoms with Crippen LogP contribution in [0.2, 0.25) is 0 Å². The van der Waals surface area contributed by atoms with Gasteiger partial charge in [0, 0.05) is 32.1 Å². The molecule has 2 N–H and O–H groups in total. The van der Waals surface area contributed by atoms with Crippen molar-refractivity contribution in [1.29, 1.82) is 0 Å². The molecule has 1 heterocycles. The highest BCUT2D eigenvalue weighted by atomic mass is 16.6. The Bertz CT molecular complexity index is 342. The molecule has 0 radical (unpaired) electrons. The fourth-order valence-electron chi connectivity index (χ4n) is 1.95. The molecule has 1 aliphatic heterocycles. The van der Waals surface area contributed by atoms with Crippen molar-refractivity contribution >= 4 is 5.71 Å². The maximum atomic E-state index is 8.94. The quantitative estimate of drug-likeness (QED) is 0.413. The van der Waals surface area contributed by atoms with E-state index in [9.17, 15) is 0 Å². The van der Waals surface area contributed by atoms with Crippen molar-refractivity contribution in [2.75, 3.05) is 39.4 Å². The Morgan fingerprint density at radius 1 is 1.58 bits per heavy atom. The zero-order valence-corrected chi connectivity index (χ0v) is 12.1. The van der Waals surface area contributed by atoms with E-state index in [4.69, 9.17) is 9.94 Å². The minimum atomic E-state index is 0.204. The van der Waals surface area contributed by atoms with Gasteiger partial charge in [0.1, 0.15) is 12.3 Å². The minimum Gasteiger partial charge on any atom is -0.395 e. The van der Waals surface area contributed by atoms with Crippen LogP contribution in [-0.2, 0) is 4.84 Å². The Labute approximate surface area is 116 Å². The third kappa shape index (κ3) is 6.06. The lowest BCUT2D eigenvalue weighted by atomic mass is 10.1. The van der Waals surface area contributed by atoms with Crippen molar-refractivity contribution in [3.63, 3.8) is 0 Å². The number of nitrogens with one attached hydrogen (secondary N) is 1. The molecule has 0 amide bonds. The number of aliphatic hydroxyl groups is 1. The molecule has 0 saturated carbocycles. The summed E-state index contributed by atoms with van der Waals surface area (Å²) in [7, 11) is 0. The third-order valence-electron chi connectivity index (χ3n) is 2.99. The van der Waals surface area contributed by atoms with Crippen molar-refractivity contribution in [3.8, 4) is 11.8 Å². The van der Waals surface area contributed by atoms with E-state index in [1.54, 1.807) is 6.92 Å². The van der Waals surface area contributed by atoms with E-state index in [0.29, 0.717) is 6.61 Å². The molecule has 0 aliphatic carbocycles. The van der Waals surface area contributed by atoms with Gasteiger partial charge in [-0.05, 0) is 12.8 Å². The molecule has 1 fully saturated rings. The summed E-state index contributed by atoms with van der Waals surface area (Å²) in [6, 6.07) is 0.257. The summed E-state index contributed by atoms with van der Waals surface area (Å²) in [5.41, 5.74) is 0.783. The van der Waals surface area contributed by atoms with E-state index in [-0.39, 0.29) is 18.6 Å². The lowest BCUT2D eigenvalue weighted by Crippen LogP contribution is -2.52. The summed E-state index contributed by atoms with van der Waals surface area (Å²) in [4.78, 5) is 7.64. The van der Waals surface area contributed by atoms with Crippen LogP contribution in [0.1, 0.15) is 20.8 Å². The van der Waals surface area contributed by atoms with Gasteiger partial charge < -0.3 is 15.3 Å². The van der Waals surface area contributed by atoms with E-state index in [2.05, 4.69) is 27.2 Å². The summed E-state index contributed by atoms with van der Waals surface area (Å²) in [6.07, 6.45) is 0. The van der Waals surface area contributed by atoms with E-state index in [0.717, 1.165) is 31.9 Å². The van der Waals surface area contributed by atoms with Gasteiger partial charge in [0.2, 0.25) is 0 Å². The fraction of sp³-hybridized carbons (Fsp3) is 0.786. The second kappa shape index (κ2) is 8.92. The summed E-state index contributed by atoms with van der Waals surface area (Å²) in [6.45, 7) is 10.1. The Hall–Kier alpha value is -1.09. The molecule has 0 bridgehead atoms. The molecule has 1 saturated heterocycles. The number of rotatable bonds is 6. The van der Waals surface area contributed by atoms with Crippen molar-refractivity contribution in [2.24, 2.45) is 11.1 Å². The summed E-state index contributed by atoms with van der Waals surface area (Å²) in [5.74, 6) is 6.08. The van der Waals surface area contributed by atoms with E-state index in [1.165, 1.54) is 0 Å². The highest BCUT2D eigenvalue weighted by molar-refractivity contribution is 6.01. The predicted molar refractivity (Wildman–Crippen MR) is 77.0 cm³/mol. The van der Waals surface area contributed by atoms with Crippen molar-refractivity contribution in [2.45, 2.75) is 26.8 Å². The maximum Gasteiger partial charge on any atom is 0.133 e. The van der Waals surface area contributed by atoms with E-state index < -0.39 is 0 Å². The molecule has 5 heteroatoms. The Balaban J connectivity index is 2.38. The standard InChI is InChI=1S/C14H25N3O2/c1-4-5-14(12(2)3)16-19-11-13-10-17(8-9-18)7-6-15-13/h12-13,15,18H,6-11H2,1-3H3/b16-14+/t13-/m1/s1. The topological polar surface area (TPSA) is 57.1 Å². The van der Waals surface area contributed by atoms with Crippen LogP contribution in [-0.4, -0.2) is 61.2 Å². The fourth-order valence-corrected chi connectivity index (χ4v) is 1.95. The molecule has 1 rings (SSSR count). The summed E-state index contributed by atoms with van der Waals surface area (Å²) >= 11 is 0. The average Bonchev–Trinajstić information content (AvgIpc) is 2.38. The van der Waals surface area contributed by atoms with Crippen LogP contribution >= 0.6 is 0 Å². The summed E-state index contributed by atoms with van der Waals surface area (Å²) in [5, 5.41) is 16.4. The molecule has 0 unspecified atom stereocenters. The van der Waals surface area contributed by atoms with Crippen LogP contribution in [0.5, 0.6) is 0 Å².